The van der Waals surface area contributed by atoms with Crippen molar-refractivity contribution in [2.75, 3.05) is 0 Å². The molecule has 0 aliphatic heterocycles. The van der Waals surface area contributed by atoms with E-state index in [2.05, 4.69) is 38.1 Å². The third-order valence-corrected chi connectivity index (χ3v) is 1.47. The molecule has 0 atom stereocenters. The first-order valence-corrected chi connectivity index (χ1v) is 3.35. The van der Waals surface area contributed by atoms with E-state index in [-0.39, 0.29) is 18.0 Å². The zero-order chi connectivity index (χ0) is 6.69. The van der Waals surface area contributed by atoms with Gasteiger partial charge in [-0.2, -0.15) is 0 Å². The fourth-order valence-electron chi connectivity index (χ4n) is 0.838. The van der Waals surface area contributed by atoms with Crippen LogP contribution in [-0.4, -0.2) is 18.0 Å². The van der Waals surface area contributed by atoms with E-state index in [1.165, 1.54) is 5.56 Å². The van der Waals surface area contributed by atoms with E-state index >= 15 is 0 Å². The van der Waals surface area contributed by atoms with E-state index in [1.54, 1.807) is 0 Å². The van der Waals surface area contributed by atoms with Gasteiger partial charge in [-0.05, 0) is 11.5 Å². The quantitative estimate of drug-likeness (QED) is 0.603. The number of hydrogen-bond acceptors (Lipinski definition) is 0. The van der Waals surface area contributed by atoms with E-state index in [9.17, 15) is 0 Å². The van der Waals surface area contributed by atoms with Crippen molar-refractivity contribution < 1.29 is 0 Å². The van der Waals surface area contributed by atoms with Crippen molar-refractivity contribution in [1.29, 1.82) is 0 Å². The van der Waals surface area contributed by atoms with Crippen LogP contribution in [0.25, 0.3) is 0 Å². The van der Waals surface area contributed by atoms with Crippen molar-refractivity contribution in [3.8, 4) is 0 Å². The van der Waals surface area contributed by atoms with Gasteiger partial charge in [0, 0.05) is 18.0 Å². The van der Waals surface area contributed by atoms with Crippen molar-refractivity contribution in [2.24, 2.45) is 0 Å². The summed E-state index contributed by atoms with van der Waals surface area (Å²) < 4.78 is 0. The van der Waals surface area contributed by atoms with Crippen LogP contribution in [0.15, 0.2) is 30.3 Å². The summed E-state index contributed by atoms with van der Waals surface area (Å²) >= 11 is 0. The summed E-state index contributed by atoms with van der Waals surface area (Å²) in [5, 5.41) is 0. The first-order chi connectivity index (χ1) is 4.30. The second-order valence-corrected chi connectivity index (χ2v) is 2.57. The van der Waals surface area contributed by atoms with Gasteiger partial charge >= 0.3 is 0 Å². The Bertz CT molecular complexity index is 167. The summed E-state index contributed by atoms with van der Waals surface area (Å²) in [5.74, 6) is 0.659. The molecule has 1 heteroatoms. The zero-order valence-electron chi connectivity index (χ0n) is 6.41. The summed E-state index contributed by atoms with van der Waals surface area (Å²) in [6.07, 6.45) is 0. The van der Waals surface area contributed by atoms with Gasteiger partial charge in [-0.15, -0.1) is 0 Å². The Morgan fingerprint density at radius 3 is 1.80 bits per heavy atom. The van der Waals surface area contributed by atoms with Crippen molar-refractivity contribution in [1.82, 2.24) is 0 Å². The fourth-order valence-corrected chi connectivity index (χ4v) is 0.838. The normalized spacial score (nSPS) is 9.10. The summed E-state index contributed by atoms with van der Waals surface area (Å²) in [4.78, 5) is 0. The van der Waals surface area contributed by atoms with Gasteiger partial charge in [0.15, 0.2) is 0 Å². The second kappa shape index (κ2) is 4.57. The maximum atomic E-state index is 2.20. The van der Waals surface area contributed by atoms with E-state index in [1.807, 2.05) is 6.07 Å². The Labute approximate surface area is 74.0 Å². The van der Waals surface area contributed by atoms with Gasteiger partial charge in [-0.3, -0.25) is 0 Å². The average molecular weight is 195 g/mol. The van der Waals surface area contributed by atoms with Gasteiger partial charge in [-0.1, -0.05) is 44.2 Å². The maximum absolute atomic E-state index is 2.20. The standard InChI is InChI=1S/C9H12.As/c1-8(2)9-6-4-3-5-7-9;/h3-8H,1-2H3;. The van der Waals surface area contributed by atoms with Crippen molar-refractivity contribution in [3.63, 3.8) is 0 Å². The summed E-state index contributed by atoms with van der Waals surface area (Å²) in [5.41, 5.74) is 1.41. The first kappa shape index (κ1) is 9.78. The molecule has 0 heterocycles. The Morgan fingerprint density at radius 2 is 1.50 bits per heavy atom. The average Bonchev–Trinajstić information content (AvgIpc) is 1.90. The summed E-state index contributed by atoms with van der Waals surface area (Å²) in [7, 11) is 0. The first-order valence-electron chi connectivity index (χ1n) is 3.35. The molecule has 0 aromatic heterocycles. The van der Waals surface area contributed by atoms with Crippen LogP contribution in [0, 0.1) is 0 Å². The maximum Gasteiger partial charge on any atom is 0 e. The number of hydrogen-bond donors (Lipinski definition) is 0. The van der Waals surface area contributed by atoms with E-state index in [0.29, 0.717) is 5.92 Å². The topological polar surface area (TPSA) is 0 Å². The predicted molar refractivity (Wildman–Crippen MR) is 46.3 cm³/mol. The van der Waals surface area contributed by atoms with Crippen LogP contribution in [0.2, 0.25) is 0 Å². The molecular formula is C9H12As. The SMILES string of the molecule is CC(C)c1ccccc1.[As]. The minimum Gasteiger partial charge on any atom is -0.0622 e. The minimum atomic E-state index is 0. The van der Waals surface area contributed by atoms with Gasteiger partial charge < -0.3 is 0 Å². The van der Waals surface area contributed by atoms with Crippen molar-refractivity contribution in [2.45, 2.75) is 19.8 Å². The molecule has 0 spiro atoms. The molecule has 0 aliphatic carbocycles. The predicted octanol–water partition coefficient (Wildman–Crippen LogP) is 2.43. The Morgan fingerprint density at radius 1 is 1.00 bits per heavy atom. The zero-order valence-corrected chi connectivity index (χ0v) is 8.29. The smallest absolute Gasteiger partial charge is 0 e. The molecule has 0 saturated carbocycles. The molecule has 1 aromatic rings. The Balaban J connectivity index is 0.000000810. The molecule has 0 nitrogen and oxygen atoms in total. The van der Waals surface area contributed by atoms with E-state index in [4.69, 9.17) is 0 Å². The van der Waals surface area contributed by atoms with Crippen LogP contribution in [-0.2, 0) is 0 Å². The second-order valence-electron chi connectivity index (χ2n) is 2.57. The number of benzene rings is 1. The molecule has 0 aliphatic rings. The molecule has 1 aromatic carbocycles. The molecule has 10 heavy (non-hydrogen) atoms. The van der Waals surface area contributed by atoms with Crippen LogP contribution < -0.4 is 0 Å². The van der Waals surface area contributed by atoms with E-state index < -0.39 is 0 Å². The van der Waals surface area contributed by atoms with Crippen LogP contribution in [0.4, 0.5) is 0 Å². The minimum absolute atomic E-state index is 0. The van der Waals surface area contributed by atoms with Gasteiger partial charge in [0.1, 0.15) is 0 Å². The van der Waals surface area contributed by atoms with Gasteiger partial charge in [0.25, 0.3) is 0 Å². The molecule has 0 N–H and O–H groups in total. The molecule has 3 radical (unpaired) electrons. The molecule has 53 valence electrons. The molecular weight excluding hydrogens is 183 g/mol. The third kappa shape index (κ3) is 2.58. The third-order valence-electron chi connectivity index (χ3n) is 1.47. The van der Waals surface area contributed by atoms with Crippen LogP contribution >= 0.6 is 0 Å². The Hall–Kier alpha value is -0.222. The van der Waals surface area contributed by atoms with Crippen LogP contribution in [0.5, 0.6) is 0 Å². The van der Waals surface area contributed by atoms with Crippen molar-refractivity contribution >= 4 is 18.0 Å². The van der Waals surface area contributed by atoms with Gasteiger partial charge in [0.2, 0.25) is 0 Å². The summed E-state index contributed by atoms with van der Waals surface area (Å²) in [6.45, 7) is 4.41. The fraction of sp³-hybridized carbons (Fsp3) is 0.333. The molecule has 0 amide bonds. The molecule has 0 saturated heterocycles. The molecule has 0 bridgehead atoms. The van der Waals surface area contributed by atoms with Gasteiger partial charge in [-0.25, -0.2) is 0 Å². The number of rotatable bonds is 1. The van der Waals surface area contributed by atoms with Crippen molar-refractivity contribution in [3.05, 3.63) is 35.9 Å². The van der Waals surface area contributed by atoms with Gasteiger partial charge in [0.05, 0.1) is 0 Å². The molecule has 0 fully saturated rings. The monoisotopic (exact) mass is 195 g/mol. The van der Waals surface area contributed by atoms with Crippen LogP contribution in [0.3, 0.4) is 0 Å². The largest absolute Gasteiger partial charge is 0.0622 e. The Kier molecular flexibility index (Phi) is 4.47. The summed E-state index contributed by atoms with van der Waals surface area (Å²) in [6, 6.07) is 10.5. The van der Waals surface area contributed by atoms with Crippen LogP contribution in [0.1, 0.15) is 25.3 Å². The van der Waals surface area contributed by atoms with E-state index in [0.717, 1.165) is 0 Å². The molecule has 0 unspecified atom stereocenters. The molecule has 1 rings (SSSR count).